The molecule has 7 heteroatoms. The molecule has 0 unspecified atom stereocenters. The van der Waals surface area contributed by atoms with Crippen molar-refractivity contribution >= 4 is 28.3 Å². The van der Waals surface area contributed by atoms with Crippen LogP contribution in [0.2, 0.25) is 0 Å². The van der Waals surface area contributed by atoms with Gasteiger partial charge in [0.15, 0.2) is 5.65 Å². The third-order valence-electron chi connectivity index (χ3n) is 4.68. The average molecular weight is 368 g/mol. The molecule has 1 aliphatic heterocycles. The number of hydrogen-bond acceptors (Lipinski definition) is 5. The van der Waals surface area contributed by atoms with Crippen molar-refractivity contribution in [3.8, 4) is 0 Å². The van der Waals surface area contributed by atoms with Crippen LogP contribution in [-0.2, 0) is 13.1 Å². The second kappa shape index (κ2) is 5.94. The lowest BCUT2D eigenvalue weighted by Gasteiger charge is -2.34. The maximum atomic E-state index is 12.6. The van der Waals surface area contributed by atoms with E-state index in [9.17, 15) is 4.79 Å². The van der Waals surface area contributed by atoms with E-state index in [2.05, 4.69) is 39.0 Å². The highest BCUT2D eigenvalue weighted by Gasteiger charge is 2.31. The molecule has 4 aromatic rings. The second-order valence-corrected chi connectivity index (χ2v) is 8.11. The van der Waals surface area contributed by atoms with Crippen LogP contribution in [0.15, 0.2) is 58.1 Å². The first kappa shape index (κ1) is 15.1. The van der Waals surface area contributed by atoms with Crippen LogP contribution in [0.25, 0.3) is 5.65 Å². The van der Waals surface area contributed by atoms with Gasteiger partial charge in [0, 0.05) is 22.5 Å². The fraction of sp³-hybridized carbons (Fsp3) is 0.222. The zero-order chi connectivity index (χ0) is 16.8. The minimum Gasteiger partial charge on any atom is -0.272 e. The Balaban J connectivity index is 1.56. The van der Waals surface area contributed by atoms with Crippen molar-refractivity contribution in [1.82, 2.24) is 19.1 Å². The summed E-state index contributed by atoms with van der Waals surface area (Å²) in [5.41, 5.74) is 1.97. The smallest absolute Gasteiger partial charge is 0.272 e. The van der Waals surface area contributed by atoms with E-state index < -0.39 is 0 Å². The maximum Gasteiger partial charge on any atom is 0.351 e. The first-order valence-electron chi connectivity index (χ1n) is 8.19. The Kier molecular flexibility index (Phi) is 3.58. The molecule has 4 aromatic heterocycles. The van der Waals surface area contributed by atoms with Gasteiger partial charge in [-0.3, -0.25) is 9.30 Å². The van der Waals surface area contributed by atoms with Gasteiger partial charge >= 0.3 is 5.69 Å². The van der Waals surface area contributed by atoms with E-state index in [4.69, 9.17) is 0 Å². The number of fused-ring (bicyclic) bond motifs is 2. The second-order valence-electron chi connectivity index (χ2n) is 6.13. The summed E-state index contributed by atoms with van der Waals surface area (Å²) in [5, 5.41) is 8.79. The Morgan fingerprint density at radius 1 is 1.12 bits per heavy atom. The number of pyridine rings is 1. The Bertz CT molecular complexity index is 1080. The van der Waals surface area contributed by atoms with Crippen molar-refractivity contribution in [3.63, 3.8) is 0 Å². The van der Waals surface area contributed by atoms with Crippen molar-refractivity contribution in [2.75, 3.05) is 6.54 Å². The minimum atomic E-state index is -0.0864. The quantitative estimate of drug-likeness (QED) is 0.558. The van der Waals surface area contributed by atoms with E-state index in [0.29, 0.717) is 12.3 Å². The van der Waals surface area contributed by atoms with E-state index >= 15 is 0 Å². The molecule has 25 heavy (non-hydrogen) atoms. The lowest BCUT2D eigenvalue weighted by Crippen LogP contribution is -2.39. The van der Waals surface area contributed by atoms with Gasteiger partial charge in [-0.2, -0.15) is 4.68 Å². The third-order valence-corrected chi connectivity index (χ3v) is 6.60. The van der Waals surface area contributed by atoms with Gasteiger partial charge in [0.25, 0.3) is 0 Å². The van der Waals surface area contributed by atoms with Crippen LogP contribution < -0.4 is 5.69 Å². The molecule has 1 aliphatic rings. The minimum absolute atomic E-state index is 0.0864. The van der Waals surface area contributed by atoms with Crippen LogP contribution >= 0.6 is 22.7 Å². The largest absolute Gasteiger partial charge is 0.351 e. The highest BCUT2D eigenvalue weighted by atomic mass is 32.1. The fourth-order valence-corrected chi connectivity index (χ4v) is 5.31. The highest BCUT2D eigenvalue weighted by Crippen LogP contribution is 2.39. The summed E-state index contributed by atoms with van der Waals surface area (Å²) >= 11 is 3.60. The van der Waals surface area contributed by atoms with Crippen molar-refractivity contribution in [2.45, 2.75) is 19.1 Å². The van der Waals surface area contributed by atoms with Crippen LogP contribution in [-0.4, -0.2) is 25.6 Å². The first-order valence-corrected chi connectivity index (χ1v) is 9.95. The normalized spacial score (nSPS) is 17.8. The number of aromatic nitrogens is 3. The summed E-state index contributed by atoms with van der Waals surface area (Å²) in [6.07, 6.45) is 2.79. The molecule has 0 fully saturated rings. The molecule has 0 radical (unpaired) electrons. The Hall–Kier alpha value is -2.22. The van der Waals surface area contributed by atoms with Gasteiger partial charge in [-0.05, 0) is 47.0 Å². The number of thiophene rings is 2. The van der Waals surface area contributed by atoms with Gasteiger partial charge in [0.05, 0.1) is 12.7 Å². The van der Waals surface area contributed by atoms with Crippen LogP contribution in [0.3, 0.4) is 0 Å². The molecule has 5 nitrogen and oxygen atoms in total. The zero-order valence-corrected chi connectivity index (χ0v) is 15.0. The Morgan fingerprint density at radius 3 is 2.92 bits per heavy atom. The predicted molar refractivity (Wildman–Crippen MR) is 100 cm³/mol. The van der Waals surface area contributed by atoms with Crippen molar-refractivity contribution in [2.24, 2.45) is 0 Å². The van der Waals surface area contributed by atoms with Crippen molar-refractivity contribution in [1.29, 1.82) is 0 Å². The summed E-state index contributed by atoms with van der Waals surface area (Å²) in [6, 6.07) is 12.3. The molecule has 0 saturated heterocycles. The summed E-state index contributed by atoms with van der Waals surface area (Å²) in [4.78, 5) is 17.8. The van der Waals surface area contributed by atoms with Crippen LogP contribution in [0.1, 0.15) is 21.4 Å². The van der Waals surface area contributed by atoms with Crippen molar-refractivity contribution < 1.29 is 0 Å². The molecule has 0 aliphatic carbocycles. The molecule has 0 spiro atoms. The van der Waals surface area contributed by atoms with E-state index in [-0.39, 0.29) is 11.7 Å². The SMILES string of the molecule is O=c1n(CN2CCc3sccc3[C@@H]2c2cccs2)nc2ccccn12. The Labute approximate surface area is 152 Å². The van der Waals surface area contributed by atoms with Gasteiger partial charge < -0.3 is 0 Å². The van der Waals surface area contributed by atoms with E-state index in [1.54, 1.807) is 26.6 Å². The molecular weight excluding hydrogens is 352 g/mol. The van der Waals surface area contributed by atoms with E-state index in [1.165, 1.54) is 15.3 Å². The first-order chi connectivity index (χ1) is 12.3. The molecule has 0 amide bonds. The summed E-state index contributed by atoms with van der Waals surface area (Å²) < 4.78 is 3.17. The topological polar surface area (TPSA) is 42.5 Å². The predicted octanol–water partition coefficient (Wildman–Crippen LogP) is 3.22. The maximum absolute atomic E-state index is 12.6. The molecule has 5 rings (SSSR count). The summed E-state index contributed by atoms with van der Waals surface area (Å²) in [7, 11) is 0. The lowest BCUT2D eigenvalue weighted by atomic mass is 9.99. The molecule has 126 valence electrons. The van der Waals surface area contributed by atoms with Gasteiger partial charge in [-0.25, -0.2) is 4.79 Å². The van der Waals surface area contributed by atoms with E-state index in [1.807, 2.05) is 29.5 Å². The zero-order valence-electron chi connectivity index (χ0n) is 13.4. The van der Waals surface area contributed by atoms with Crippen LogP contribution in [0.5, 0.6) is 0 Å². The standard InChI is InChI=1S/C18H16N4OS2/c23-18-21-8-2-1-5-16(21)19-22(18)12-20-9-6-14-13(7-11-25-14)17(20)15-4-3-10-24-15/h1-5,7-8,10-11,17H,6,9,12H2/t17-/m1/s1. The molecule has 0 N–H and O–H groups in total. The number of nitrogens with zero attached hydrogens (tertiary/aromatic N) is 4. The van der Waals surface area contributed by atoms with Gasteiger partial charge in [-0.1, -0.05) is 12.1 Å². The summed E-state index contributed by atoms with van der Waals surface area (Å²) in [6.45, 7) is 1.43. The molecular formula is C18H16N4OS2. The van der Waals surface area contributed by atoms with Gasteiger partial charge in [0.2, 0.25) is 0 Å². The van der Waals surface area contributed by atoms with E-state index in [0.717, 1.165) is 13.0 Å². The third kappa shape index (κ3) is 2.47. The van der Waals surface area contributed by atoms with Crippen LogP contribution in [0.4, 0.5) is 0 Å². The molecule has 0 bridgehead atoms. The number of rotatable bonds is 3. The van der Waals surface area contributed by atoms with Gasteiger partial charge in [-0.15, -0.1) is 27.8 Å². The van der Waals surface area contributed by atoms with Crippen LogP contribution in [0, 0.1) is 0 Å². The Morgan fingerprint density at radius 2 is 2.08 bits per heavy atom. The number of hydrogen-bond donors (Lipinski definition) is 0. The molecule has 0 aromatic carbocycles. The highest BCUT2D eigenvalue weighted by molar-refractivity contribution is 7.10. The average Bonchev–Trinajstić information content (AvgIpc) is 3.36. The van der Waals surface area contributed by atoms with Crippen molar-refractivity contribution in [3.05, 3.63) is 79.2 Å². The lowest BCUT2D eigenvalue weighted by molar-refractivity contribution is 0.157. The molecule has 0 saturated carbocycles. The van der Waals surface area contributed by atoms with Gasteiger partial charge in [0.1, 0.15) is 0 Å². The summed E-state index contributed by atoms with van der Waals surface area (Å²) in [5.74, 6) is 0. The fourth-order valence-electron chi connectivity index (χ4n) is 3.53. The monoisotopic (exact) mass is 368 g/mol. The molecule has 5 heterocycles. The molecule has 1 atom stereocenters.